The molecule has 0 saturated heterocycles. The SMILES string of the molecule is CN(c1ccc(F)cc1)c1ccc2c(-c3cc4nccc(C(=O)O)c4[nH]3)nn(C)c2c1. The highest BCUT2D eigenvalue weighted by molar-refractivity contribution is 6.03. The van der Waals surface area contributed by atoms with Crippen LogP contribution in [0.25, 0.3) is 33.3 Å². The minimum absolute atomic E-state index is 0.166. The number of aromatic nitrogens is 4. The second-order valence-electron chi connectivity index (χ2n) is 7.32. The number of halogens is 1. The molecule has 3 heterocycles. The molecule has 154 valence electrons. The maximum absolute atomic E-state index is 13.3. The fourth-order valence-corrected chi connectivity index (χ4v) is 3.80. The average Bonchev–Trinajstić information content (AvgIpc) is 3.34. The zero-order valence-electron chi connectivity index (χ0n) is 16.8. The minimum atomic E-state index is -1.01. The van der Waals surface area contributed by atoms with Crippen molar-refractivity contribution in [2.24, 2.45) is 7.05 Å². The van der Waals surface area contributed by atoms with E-state index in [2.05, 4.69) is 15.1 Å². The molecule has 0 atom stereocenters. The van der Waals surface area contributed by atoms with Crippen LogP contribution in [0.2, 0.25) is 0 Å². The number of nitrogens with zero attached hydrogens (tertiary/aromatic N) is 4. The molecule has 5 rings (SSSR count). The lowest BCUT2D eigenvalue weighted by Crippen LogP contribution is -2.09. The molecule has 0 aliphatic rings. The summed E-state index contributed by atoms with van der Waals surface area (Å²) in [7, 11) is 3.78. The van der Waals surface area contributed by atoms with Crippen molar-refractivity contribution in [2.75, 3.05) is 11.9 Å². The second kappa shape index (κ2) is 6.94. The topological polar surface area (TPSA) is 87.0 Å². The van der Waals surface area contributed by atoms with Crippen LogP contribution in [0.3, 0.4) is 0 Å². The third kappa shape index (κ3) is 3.09. The molecule has 0 aliphatic heterocycles. The number of pyridine rings is 1. The van der Waals surface area contributed by atoms with Gasteiger partial charge in [-0.1, -0.05) is 0 Å². The number of benzene rings is 2. The summed E-state index contributed by atoms with van der Waals surface area (Å²) in [5.41, 5.74) is 5.32. The smallest absolute Gasteiger partial charge is 0.337 e. The molecule has 2 aromatic carbocycles. The molecule has 0 fully saturated rings. The number of anilines is 2. The Hall–Kier alpha value is -4.20. The maximum atomic E-state index is 13.3. The van der Waals surface area contributed by atoms with Gasteiger partial charge in [0.15, 0.2) is 0 Å². The average molecular weight is 415 g/mol. The van der Waals surface area contributed by atoms with E-state index in [-0.39, 0.29) is 11.4 Å². The first-order chi connectivity index (χ1) is 14.9. The van der Waals surface area contributed by atoms with Crippen LogP contribution in [-0.4, -0.2) is 37.9 Å². The lowest BCUT2D eigenvalue weighted by atomic mass is 10.1. The van der Waals surface area contributed by atoms with Crippen molar-refractivity contribution < 1.29 is 14.3 Å². The standard InChI is InChI=1S/C23H18FN5O2/c1-28(14-5-3-13(24)4-6-14)15-7-8-16-20(11-15)29(2)27-22(16)19-12-18-21(26-19)17(23(30)31)9-10-25-18/h3-12,26H,1-2H3,(H,30,31). The Balaban J connectivity index is 1.60. The Morgan fingerprint density at radius 3 is 2.58 bits per heavy atom. The number of hydrogen-bond donors (Lipinski definition) is 2. The third-order valence-electron chi connectivity index (χ3n) is 5.44. The van der Waals surface area contributed by atoms with Crippen molar-refractivity contribution in [3.05, 3.63) is 72.2 Å². The van der Waals surface area contributed by atoms with Crippen LogP contribution in [0, 0.1) is 5.82 Å². The number of carboxylic acids is 1. The first-order valence-corrected chi connectivity index (χ1v) is 9.60. The quantitative estimate of drug-likeness (QED) is 0.443. The fraction of sp³-hybridized carbons (Fsp3) is 0.0870. The summed E-state index contributed by atoms with van der Waals surface area (Å²) in [6.45, 7) is 0. The van der Waals surface area contributed by atoms with Crippen LogP contribution in [0.5, 0.6) is 0 Å². The number of aryl methyl sites for hydroxylation is 1. The van der Waals surface area contributed by atoms with Gasteiger partial charge in [-0.15, -0.1) is 0 Å². The van der Waals surface area contributed by atoms with Gasteiger partial charge in [0.1, 0.15) is 11.5 Å². The van der Waals surface area contributed by atoms with Gasteiger partial charge in [0.2, 0.25) is 0 Å². The Kier molecular flexibility index (Phi) is 4.21. The van der Waals surface area contributed by atoms with Crippen LogP contribution in [0.1, 0.15) is 10.4 Å². The van der Waals surface area contributed by atoms with E-state index in [0.717, 1.165) is 22.3 Å². The molecule has 0 bridgehead atoms. The van der Waals surface area contributed by atoms with E-state index < -0.39 is 5.97 Å². The van der Waals surface area contributed by atoms with Gasteiger partial charge in [-0.2, -0.15) is 5.10 Å². The molecule has 7 nitrogen and oxygen atoms in total. The number of aromatic amines is 1. The van der Waals surface area contributed by atoms with Crippen LogP contribution in [0.4, 0.5) is 15.8 Å². The number of aromatic carboxylic acids is 1. The van der Waals surface area contributed by atoms with Crippen molar-refractivity contribution in [3.63, 3.8) is 0 Å². The maximum Gasteiger partial charge on any atom is 0.337 e. The van der Waals surface area contributed by atoms with E-state index in [1.807, 2.05) is 43.3 Å². The predicted octanol–water partition coefficient (Wildman–Crippen LogP) is 4.72. The van der Waals surface area contributed by atoms with Gasteiger partial charge in [-0.05, 0) is 54.6 Å². The summed E-state index contributed by atoms with van der Waals surface area (Å²) in [5.74, 6) is -1.29. The number of carboxylic acid groups (broad SMARTS) is 1. The monoisotopic (exact) mass is 415 g/mol. The lowest BCUT2D eigenvalue weighted by Gasteiger charge is -2.19. The van der Waals surface area contributed by atoms with Crippen molar-refractivity contribution in [1.82, 2.24) is 19.7 Å². The number of hydrogen-bond acceptors (Lipinski definition) is 4. The Bertz CT molecular complexity index is 1450. The highest BCUT2D eigenvalue weighted by Crippen LogP contribution is 2.33. The van der Waals surface area contributed by atoms with Crippen LogP contribution in [-0.2, 0) is 7.05 Å². The zero-order chi connectivity index (χ0) is 21.7. The molecule has 31 heavy (non-hydrogen) atoms. The summed E-state index contributed by atoms with van der Waals surface area (Å²) in [6.07, 6.45) is 1.48. The molecule has 8 heteroatoms. The summed E-state index contributed by atoms with van der Waals surface area (Å²) >= 11 is 0. The van der Waals surface area contributed by atoms with E-state index in [0.29, 0.717) is 22.4 Å². The highest BCUT2D eigenvalue weighted by Gasteiger charge is 2.17. The summed E-state index contributed by atoms with van der Waals surface area (Å²) in [6, 6.07) is 15.6. The predicted molar refractivity (Wildman–Crippen MR) is 117 cm³/mol. The van der Waals surface area contributed by atoms with Crippen molar-refractivity contribution in [2.45, 2.75) is 0 Å². The molecule has 5 aromatic rings. The van der Waals surface area contributed by atoms with Gasteiger partial charge < -0.3 is 15.0 Å². The highest BCUT2D eigenvalue weighted by atomic mass is 19.1. The van der Waals surface area contributed by atoms with Gasteiger partial charge in [0, 0.05) is 37.1 Å². The molecule has 3 aromatic heterocycles. The number of fused-ring (bicyclic) bond motifs is 2. The molecule has 2 N–H and O–H groups in total. The van der Waals surface area contributed by atoms with Gasteiger partial charge in [-0.3, -0.25) is 9.67 Å². The van der Waals surface area contributed by atoms with Crippen molar-refractivity contribution in [3.8, 4) is 11.4 Å². The molecular weight excluding hydrogens is 397 g/mol. The number of H-pyrrole nitrogens is 1. The molecule has 0 aliphatic carbocycles. The van der Waals surface area contributed by atoms with Gasteiger partial charge in [0.25, 0.3) is 0 Å². The lowest BCUT2D eigenvalue weighted by molar-refractivity contribution is 0.0698. The third-order valence-corrected chi connectivity index (χ3v) is 5.44. The first kappa shape index (κ1) is 18.8. The van der Waals surface area contributed by atoms with E-state index in [4.69, 9.17) is 0 Å². The Morgan fingerprint density at radius 1 is 1.10 bits per heavy atom. The Morgan fingerprint density at radius 2 is 1.84 bits per heavy atom. The van der Waals surface area contributed by atoms with Gasteiger partial charge >= 0.3 is 5.97 Å². The van der Waals surface area contributed by atoms with Gasteiger partial charge in [-0.25, -0.2) is 9.18 Å². The van der Waals surface area contributed by atoms with Crippen LogP contribution < -0.4 is 4.90 Å². The normalized spacial score (nSPS) is 11.3. The molecule has 0 spiro atoms. The van der Waals surface area contributed by atoms with E-state index in [9.17, 15) is 14.3 Å². The van der Waals surface area contributed by atoms with E-state index in [1.54, 1.807) is 16.8 Å². The van der Waals surface area contributed by atoms with E-state index in [1.165, 1.54) is 24.4 Å². The number of rotatable bonds is 4. The largest absolute Gasteiger partial charge is 0.478 e. The number of nitrogens with one attached hydrogen (secondary N) is 1. The molecule has 0 amide bonds. The molecular formula is C23H18FN5O2. The fourth-order valence-electron chi connectivity index (χ4n) is 3.80. The molecule has 0 radical (unpaired) electrons. The number of carbonyl (C=O) groups is 1. The molecule has 0 saturated carbocycles. The zero-order valence-corrected chi connectivity index (χ0v) is 16.8. The first-order valence-electron chi connectivity index (χ1n) is 9.60. The summed E-state index contributed by atoms with van der Waals surface area (Å²) in [5, 5.41) is 15.0. The second-order valence-corrected chi connectivity index (χ2v) is 7.32. The summed E-state index contributed by atoms with van der Waals surface area (Å²) in [4.78, 5) is 20.9. The summed E-state index contributed by atoms with van der Waals surface area (Å²) < 4.78 is 15.0. The van der Waals surface area contributed by atoms with Crippen molar-refractivity contribution >= 4 is 39.3 Å². The van der Waals surface area contributed by atoms with Gasteiger partial charge in [0.05, 0.1) is 27.8 Å². The van der Waals surface area contributed by atoms with Crippen LogP contribution >= 0.6 is 0 Å². The minimum Gasteiger partial charge on any atom is -0.478 e. The van der Waals surface area contributed by atoms with E-state index >= 15 is 0 Å². The molecule has 0 unspecified atom stereocenters. The Labute approximate surface area is 176 Å². The van der Waals surface area contributed by atoms with Crippen LogP contribution in [0.15, 0.2) is 60.8 Å². The van der Waals surface area contributed by atoms with Crippen molar-refractivity contribution in [1.29, 1.82) is 0 Å².